The number of amides is 1. The number of ether oxygens (including phenoxy) is 1. The molecule has 0 spiro atoms. The van der Waals surface area contributed by atoms with Crippen LogP contribution in [0.1, 0.15) is 17.9 Å². The summed E-state index contributed by atoms with van der Waals surface area (Å²) in [5, 5.41) is 6.04. The summed E-state index contributed by atoms with van der Waals surface area (Å²) >= 11 is 3.19. The van der Waals surface area contributed by atoms with Crippen molar-refractivity contribution in [3.8, 4) is 0 Å². The van der Waals surface area contributed by atoms with Crippen LogP contribution in [-0.2, 0) is 14.3 Å². The van der Waals surface area contributed by atoms with E-state index in [0.717, 1.165) is 5.70 Å². The molecule has 3 heterocycles. The summed E-state index contributed by atoms with van der Waals surface area (Å²) in [6, 6.07) is 4.59. The molecule has 1 amide bonds. The van der Waals surface area contributed by atoms with E-state index in [4.69, 9.17) is 4.74 Å². The Labute approximate surface area is 146 Å². The van der Waals surface area contributed by atoms with Crippen molar-refractivity contribution in [2.75, 3.05) is 19.8 Å². The van der Waals surface area contributed by atoms with Gasteiger partial charge in [0.25, 0.3) is 0 Å². The maximum atomic E-state index is 13.6. The minimum absolute atomic E-state index is 0.0103. The highest BCUT2D eigenvalue weighted by atomic mass is 79.9. The average Bonchev–Trinajstić information content (AvgIpc) is 2.56. The van der Waals surface area contributed by atoms with Crippen LogP contribution in [0, 0.1) is 5.82 Å². The van der Waals surface area contributed by atoms with Gasteiger partial charge in [-0.1, -0.05) is 6.07 Å². The minimum atomic E-state index is -0.509. The fraction of sp³-hybridized carbons (Fsp3) is 0.294. The fourth-order valence-electron chi connectivity index (χ4n) is 3.46. The molecule has 0 radical (unpaired) electrons. The van der Waals surface area contributed by atoms with Gasteiger partial charge in [0.15, 0.2) is 5.78 Å². The van der Waals surface area contributed by atoms with Crippen molar-refractivity contribution < 1.29 is 18.7 Å². The second-order valence-corrected chi connectivity index (χ2v) is 6.79. The van der Waals surface area contributed by atoms with Gasteiger partial charge in [0, 0.05) is 41.4 Å². The molecule has 1 atom stereocenters. The van der Waals surface area contributed by atoms with Crippen LogP contribution < -0.4 is 10.6 Å². The smallest absolute Gasteiger partial charge is 0.249 e. The zero-order valence-corrected chi connectivity index (χ0v) is 14.2. The molecule has 0 saturated heterocycles. The number of ketones is 1. The van der Waals surface area contributed by atoms with Crippen LogP contribution in [-0.4, -0.2) is 31.4 Å². The van der Waals surface area contributed by atoms with E-state index >= 15 is 0 Å². The lowest BCUT2D eigenvalue weighted by atomic mass is 9.76. The third-order valence-electron chi connectivity index (χ3n) is 4.49. The quantitative estimate of drug-likeness (QED) is 0.765. The number of dihydropyridines is 1. The van der Waals surface area contributed by atoms with Crippen LogP contribution in [0.5, 0.6) is 0 Å². The number of nitrogens with one attached hydrogen (secondary N) is 2. The second kappa shape index (κ2) is 5.82. The largest absolute Gasteiger partial charge is 0.367 e. The first-order valence-electron chi connectivity index (χ1n) is 7.63. The standard InChI is InChI=1S/C17H14BrFN2O3/c18-9-5-8(1-2-10(9)19)14-15-12(6-24-7-13(15)22)21-11-3-4-20-17(23)16(11)14/h1-2,5,14,21H,3-4,6-7H2,(H,20,23). The number of carbonyl (C=O) groups is 2. The van der Waals surface area contributed by atoms with Crippen molar-refractivity contribution in [1.82, 2.24) is 10.6 Å². The van der Waals surface area contributed by atoms with Gasteiger partial charge in [0.05, 0.1) is 11.1 Å². The van der Waals surface area contributed by atoms with Gasteiger partial charge in [0.1, 0.15) is 12.4 Å². The average molecular weight is 393 g/mol. The molecule has 2 N–H and O–H groups in total. The van der Waals surface area contributed by atoms with Crippen LogP contribution in [0.15, 0.2) is 45.2 Å². The predicted molar refractivity (Wildman–Crippen MR) is 87.5 cm³/mol. The number of hydrogen-bond acceptors (Lipinski definition) is 4. The Balaban J connectivity index is 1.92. The Bertz CT molecular complexity index is 789. The molecular weight excluding hydrogens is 379 g/mol. The molecule has 24 heavy (non-hydrogen) atoms. The van der Waals surface area contributed by atoms with Crippen molar-refractivity contribution in [2.45, 2.75) is 12.3 Å². The summed E-state index contributed by atoms with van der Waals surface area (Å²) in [6.07, 6.45) is 0.658. The number of carbonyl (C=O) groups excluding carboxylic acids is 2. The monoisotopic (exact) mass is 392 g/mol. The Hall–Kier alpha value is -1.99. The molecule has 1 unspecified atom stereocenters. The number of halogens is 2. The van der Waals surface area contributed by atoms with Gasteiger partial charge in [-0.3, -0.25) is 9.59 Å². The summed E-state index contributed by atoms with van der Waals surface area (Å²) < 4.78 is 19.3. The maximum Gasteiger partial charge on any atom is 0.249 e. The normalized spacial score (nSPS) is 23.5. The highest BCUT2D eigenvalue weighted by Crippen LogP contribution is 2.42. The van der Waals surface area contributed by atoms with Gasteiger partial charge < -0.3 is 15.4 Å². The molecule has 0 saturated carbocycles. The first-order valence-corrected chi connectivity index (χ1v) is 8.42. The van der Waals surface area contributed by atoms with Gasteiger partial charge >= 0.3 is 0 Å². The van der Waals surface area contributed by atoms with Gasteiger partial charge in [-0.15, -0.1) is 0 Å². The Kier molecular flexibility index (Phi) is 3.77. The first-order chi connectivity index (χ1) is 11.6. The molecule has 7 heteroatoms. The summed E-state index contributed by atoms with van der Waals surface area (Å²) in [5.41, 5.74) is 3.28. The highest BCUT2D eigenvalue weighted by Gasteiger charge is 2.40. The molecule has 1 aromatic carbocycles. The molecule has 5 nitrogen and oxygen atoms in total. The molecule has 0 aromatic heterocycles. The van der Waals surface area contributed by atoms with E-state index in [0.29, 0.717) is 46.5 Å². The van der Waals surface area contributed by atoms with Crippen molar-refractivity contribution >= 4 is 27.6 Å². The Morgan fingerprint density at radius 3 is 2.79 bits per heavy atom. The van der Waals surface area contributed by atoms with Crippen molar-refractivity contribution in [3.05, 3.63) is 56.6 Å². The molecule has 0 fully saturated rings. The maximum absolute atomic E-state index is 13.6. The SMILES string of the molecule is O=C1COCC2=C1C(c1ccc(F)c(Br)c1)C1=C(CCNC1=O)N2. The van der Waals surface area contributed by atoms with Gasteiger partial charge in [0.2, 0.25) is 5.91 Å². The third kappa shape index (κ3) is 2.39. The summed E-state index contributed by atoms with van der Waals surface area (Å²) in [4.78, 5) is 25.0. The van der Waals surface area contributed by atoms with Crippen LogP contribution in [0.4, 0.5) is 4.39 Å². The van der Waals surface area contributed by atoms with E-state index in [-0.39, 0.29) is 24.1 Å². The number of rotatable bonds is 1. The van der Waals surface area contributed by atoms with Gasteiger partial charge in [-0.25, -0.2) is 4.39 Å². The van der Waals surface area contributed by atoms with Gasteiger partial charge in [-0.05, 0) is 33.6 Å². The van der Waals surface area contributed by atoms with E-state index in [1.165, 1.54) is 6.07 Å². The molecule has 0 bridgehead atoms. The number of Topliss-reactive ketones (excluding diaryl/α,β-unsaturated/α-hetero) is 1. The zero-order valence-electron chi connectivity index (χ0n) is 12.6. The lowest BCUT2D eigenvalue weighted by Gasteiger charge is -2.37. The van der Waals surface area contributed by atoms with E-state index in [1.807, 2.05) is 0 Å². The van der Waals surface area contributed by atoms with E-state index < -0.39 is 5.92 Å². The topological polar surface area (TPSA) is 67.4 Å². The third-order valence-corrected chi connectivity index (χ3v) is 5.10. The second-order valence-electron chi connectivity index (χ2n) is 5.94. The molecule has 3 aliphatic rings. The van der Waals surface area contributed by atoms with Crippen LogP contribution in [0.2, 0.25) is 0 Å². The highest BCUT2D eigenvalue weighted by molar-refractivity contribution is 9.10. The lowest BCUT2D eigenvalue weighted by molar-refractivity contribution is -0.121. The number of hydrogen-bond donors (Lipinski definition) is 2. The Morgan fingerprint density at radius 2 is 2.00 bits per heavy atom. The Morgan fingerprint density at radius 1 is 1.17 bits per heavy atom. The zero-order chi connectivity index (χ0) is 16.8. The van der Waals surface area contributed by atoms with Crippen LogP contribution in [0.3, 0.4) is 0 Å². The molecule has 3 aliphatic heterocycles. The lowest BCUT2D eigenvalue weighted by Crippen LogP contribution is -2.44. The molecule has 0 aliphatic carbocycles. The molecular formula is C17H14BrFN2O3. The van der Waals surface area contributed by atoms with E-state index in [9.17, 15) is 14.0 Å². The first kappa shape index (κ1) is 15.5. The van der Waals surface area contributed by atoms with Crippen LogP contribution in [0.25, 0.3) is 0 Å². The van der Waals surface area contributed by atoms with Crippen molar-refractivity contribution in [3.63, 3.8) is 0 Å². The summed E-state index contributed by atoms with van der Waals surface area (Å²) in [7, 11) is 0. The molecule has 124 valence electrons. The molecule has 4 rings (SSSR count). The fourth-order valence-corrected chi connectivity index (χ4v) is 3.86. The van der Waals surface area contributed by atoms with Crippen molar-refractivity contribution in [1.29, 1.82) is 0 Å². The predicted octanol–water partition coefficient (Wildman–Crippen LogP) is 1.90. The molecule has 1 aromatic rings. The van der Waals surface area contributed by atoms with Crippen LogP contribution >= 0.6 is 15.9 Å². The van der Waals surface area contributed by atoms with E-state index in [1.54, 1.807) is 12.1 Å². The van der Waals surface area contributed by atoms with Crippen molar-refractivity contribution in [2.24, 2.45) is 0 Å². The van der Waals surface area contributed by atoms with Gasteiger partial charge in [-0.2, -0.15) is 0 Å². The minimum Gasteiger partial charge on any atom is -0.367 e. The summed E-state index contributed by atoms with van der Waals surface area (Å²) in [5.74, 6) is -1.24. The summed E-state index contributed by atoms with van der Waals surface area (Å²) in [6.45, 7) is 0.837. The van der Waals surface area contributed by atoms with E-state index in [2.05, 4.69) is 26.6 Å². The number of benzene rings is 1.